The molecule has 3 heteroatoms. The van der Waals surface area contributed by atoms with E-state index in [0.717, 1.165) is 18.9 Å². The Balaban J connectivity index is 1.98. The number of nitrogens with zero attached hydrogens (tertiary/aromatic N) is 2. The second-order valence-corrected chi connectivity index (χ2v) is 5.48. The number of aromatic nitrogens is 2. The summed E-state index contributed by atoms with van der Waals surface area (Å²) >= 11 is 0. The zero-order valence-electron chi connectivity index (χ0n) is 10.9. The lowest BCUT2D eigenvalue weighted by atomic mass is 9.98. The normalized spacial score (nSPS) is 16.8. The molecule has 16 heavy (non-hydrogen) atoms. The quantitative estimate of drug-likeness (QED) is 0.826. The van der Waals surface area contributed by atoms with Crippen LogP contribution in [0.2, 0.25) is 0 Å². The SMILES string of the molecule is CCc1nn(C)cc1CNC(C)(C)C1CC1. The minimum Gasteiger partial charge on any atom is -0.307 e. The Morgan fingerprint density at radius 1 is 1.50 bits per heavy atom. The van der Waals surface area contributed by atoms with Crippen molar-refractivity contribution in [2.45, 2.75) is 52.1 Å². The largest absolute Gasteiger partial charge is 0.307 e. The van der Waals surface area contributed by atoms with Gasteiger partial charge in [0.2, 0.25) is 0 Å². The van der Waals surface area contributed by atoms with Crippen LogP contribution in [0, 0.1) is 5.92 Å². The molecule has 1 heterocycles. The maximum atomic E-state index is 4.47. The van der Waals surface area contributed by atoms with Gasteiger partial charge < -0.3 is 5.32 Å². The van der Waals surface area contributed by atoms with Crippen LogP contribution in [0.3, 0.4) is 0 Å². The van der Waals surface area contributed by atoms with Gasteiger partial charge in [-0.15, -0.1) is 0 Å². The summed E-state index contributed by atoms with van der Waals surface area (Å²) in [6.07, 6.45) is 5.91. The Morgan fingerprint density at radius 2 is 2.19 bits per heavy atom. The molecule has 0 amide bonds. The van der Waals surface area contributed by atoms with E-state index < -0.39 is 0 Å². The Morgan fingerprint density at radius 3 is 2.75 bits per heavy atom. The van der Waals surface area contributed by atoms with Crippen LogP contribution in [0.1, 0.15) is 44.9 Å². The molecule has 2 rings (SSSR count). The Kier molecular flexibility index (Phi) is 3.06. The second-order valence-electron chi connectivity index (χ2n) is 5.48. The van der Waals surface area contributed by atoms with Crippen LogP contribution in [0.25, 0.3) is 0 Å². The fourth-order valence-corrected chi connectivity index (χ4v) is 2.30. The first-order chi connectivity index (χ1) is 7.53. The molecule has 1 aromatic rings. The molecule has 0 aliphatic heterocycles. The van der Waals surface area contributed by atoms with Crippen molar-refractivity contribution in [2.24, 2.45) is 13.0 Å². The summed E-state index contributed by atoms with van der Waals surface area (Å²) in [6, 6.07) is 0. The first-order valence-electron chi connectivity index (χ1n) is 6.29. The molecular weight excluding hydrogens is 198 g/mol. The van der Waals surface area contributed by atoms with Crippen molar-refractivity contribution in [1.29, 1.82) is 0 Å². The minimum atomic E-state index is 0.279. The molecule has 0 unspecified atom stereocenters. The van der Waals surface area contributed by atoms with Crippen molar-refractivity contribution < 1.29 is 0 Å². The van der Waals surface area contributed by atoms with Crippen LogP contribution in [0.15, 0.2) is 6.20 Å². The van der Waals surface area contributed by atoms with E-state index in [1.54, 1.807) is 0 Å². The summed E-state index contributed by atoms with van der Waals surface area (Å²) < 4.78 is 1.92. The monoisotopic (exact) mass is 221 g/mol. The molecule has 1 aliphatic carbocycles. The van der Waals surface area contributed by atoms with Gasteiger partial charge in [0, 0.05) is 30.9 Å². The van der Waals surface area contributed by atoms with E-state index in [4.69, 9.17) is 0 Å². The van der Waals surface area contributed by atoms with E-state index in [2.05, 4.69) is 37.4 Å². The predicted octanol–water partition coefficient (Wildman–Crippen LogP) is 2.26. The third-order valence-corrected chi connectivity index (χ3v) is 3.66. The van der Waals surface area contributed by atoms with E-state index in [0.29, 0.717) is 0 Å². The molecule has 3 nitrogen and oxygen atoms in total. The summed E-state index contributed by atoms with van der Waals surface area (Å²) in [5, 5.41) is 8.14. The average molecular weight is 221 g/mol. The average Bonchev–Trinajstić information content (AvgIpc) is 3.01. The van der Waals surface area contributed by atoms with Crippen LogP contribution in [0.4, 0.5) is 0 Å². The van der Waals surface area contributed by atoms with E-state index in [-0.39, 0.29) is 5.54 Å². The first-order valence-corrected chi connectivity index (χ1v) is 6.29. The standard InChI is InChI=1S/C13H23N3/c1-5-12-10(9-16(4)15-12)8-14-13(2,3)11-6-7-11/h9,11,14H,5-8H2,1-4H3. The number of hydrogen-bond acceptors (Lipinski definition) is 2. The van der Waals surface area contributed by atoms with Gasteiger partial charge in [0.05, 0.1) is 5.69 Å². The van der Waals surface area contributed by atoms with Gasteiger partial charge in [0.1, 0.15) is 0 Å². The summed E-state index contributed by atoms with van der Waals surface area (Å²) in [6.45, 7) is 7.73. The maximum absolute atomic E-state index is 4.47. The highest BCUT2D eigenvalue weighted by Gasteiger charge is 2.37. The molecule has 0 radical (unpaired) electrons. The Bertz CT molecular complexity index is 361. The van der Waals surface area contributed by atoms with Crippen molar-refractivity contribution in [1.82, 2.24) is 15.1 Å². The number of rotatable bonds is 5. The van der Waals surface area contributed by atoms with Crippen LogP contribution in [0.5, 0.6) is 0 Å². The lowest BCUT2D eigenvalue weighted by Gasteiger charge is -2.26. The summed E-state index contributed by atoms with van der Waals surface area (Å²) in [4.78, 5) is 0. The van der Waals surface area contributed by atoms with E-state index in [9.17, 15) is 0 Å². The van der Waals surface area contributed by atoms with Crippen molar-refractivity contribution in [3.63, 3.8) is 0 Å². The molecule has 0 spiro atoms. The van der Waals surface area contributed by atoms with Crippen molar-refractivity contribution >= 4 is 0 Å². The lowest BCUT2D eigenvalue weighted by molar-refractivity contribution is 0.339. The van der Waals surface area contributed by atoms with Gasteiger partial charge in [-0.1, -0.05) is 6.92 Å². The Labute approximate surface area is 98.2 Å². The molecule has 1 saturated carbocycles. The predicted molar refractivity (Wildman–Crippen MR) is 66.2 cm³/mol. The molecule has 90 valence electrons. The van der Waals surface area contributed by atoms with Crippen molar-refractivity contribution in [2.75, 3.05) is 0 Å². The molecule has 0 saturated heterocycles. The highest BCUT2D eigenvalue weighted by atomic mass is 15.3. The summed E-state index contributed by atoms with van der Waals surface area (Å²) in [5.74, 6) is 0.870. The van der Waals surface area contributed by atoms with E-state index in [1.165, 1.54) is 24.1 Å². The van der Waals surface area contributed by atoms with Crippen LogP contribution in [-0.2, 0) is 20.0 Å². The van der Waals surface area contributed by atoms with Gasteiger partial charge in [-0.2, -0.15) is 5.10 Å². The van der Waals surface area contributed by atoms with E-state index in [1.807, 2.05) is 11.7 Å². The summed E-state index contributed by atoms with van der Waals surface area (Å²) in [7, 11) is 1.99. The zero-order chi connectivity index (χ0) is 11.8. The van der Waals surface area contributed by atoms with Gasteiger partial charge >= 0.3 is 0 Å². The first kappa shape index (κ1) is 11.6. The Hall–Kier alpha value is -0.830. The minimum absolute atomic E-state index is 0.279. The number of hydrogen-bond donors (Lipinski definition) is 1. The van der Waals surface area contributed by atoms with E-state index >= 15 is 0 Å². The van der Waals surface area contributed by atoms with Crippen molar-refractivity contribution in [3.8, 4) is 0 Å². The van der Waals surface area contributed by atoms with Crippen LogP contribution in [-0.4, -0.2) is 15.3 Å². The molecule has 1 fully saturated rings. The molecular formula is C13H23N3. The summed E-state index contributed by atoms with van der Waals surface area (Å²) in [5.41, 5.74) is 2.85. The van der Waals surface area contributed by atoms with Gasteiger partial charge in [0.25, 0.3) is 0 Å². The molecule has 0 atom stereocenters. The smallest absolute Gasteiger partial charge is 0.0666 e. The maximum Gasteiger partial charge on any atom is 0.0666 e. The third-order valence-electron chi connectivity index (χ3n) is 3.66. The zero-order valence-corrected chi connectivity index (χ0v) is 10.9. The highest BCUT2D eigenvalue weighted by Crippen LogP contribution is 2.39. The highest BCUT2D eigenvalue weighted by molar-refractivity contribution is 5.17. The van der Waals surface area contributed by atoms with Gasteiger partial charge in [-0.05, 0) is 39.0 Å². The van der Waals surface area contributed by atoms with Gasteiger partial charge in [0.15, 0.2) is 0 Å². The molecule has 1 N–H and O–H groups in total. The fraction of sp³-hybridized carbons (Fsp3) is 0.769. The molecule has 0 bridgehead atoms. The topological polar surface area (TPSA) is 29.9 Å². The van der Waals surface area contributed by atoms with Crippen LogP contribution < -0.4 is 5.32 Å². The number of nitrogens with one attached hydrogen (secondary N) is 1. The van der Waals surface area contributed by atoms with Gasteiger partial charge in [-0.3, -0.25) is 4.68 Å². The molecule has 1 aromatic heterocycles. The number of aryl methyl sites for hydroxylation is 2. The van der Waals surface area contributed by atoms with Crippen LogP contribution >= 0.6 is 0 Å². The molecule has 1 aliphatic rings. The lowest BCUT2D eigenvalue weighted by Crippen LogP contribution is -2.40. The fourth-order valence-electron chi connectivity index (χ4n) is 2.30. The second kappa shape index (κ2) is 4.21. The van der Waals surface area contributed by atoms with Gasteiger partial charge in [-0.25, -0.2) is 0 Å². The molecule has 0 aromatic carbocycles. The third kappa shape index (κ3) is 2.46. The van der Waals surface area contributed by atoms with Crippen molar-refractivity contribution in [3.05, 3.63) is 17.5 Å².